The van der Waals surface area contributed by atoms with Crippen molar-refractivity contribution in [3.8, 4) is 0 Å². The molecule has 34 heavy (non-hydrogen) atoms. The van der Waals surface area contributed by atoms with Crippen molar-refractivity contribution in [2.24, 2.45) is 4.40 Å². The van der Waals surface area contributed by atoms with Crippen molar-refractivity contribution in [1.29, 1.82) is 0 Å². The molecule has 1 unspecified atom stereocenters. The van der Waals surface area contributed by atoms with Gasteiger partial charge in [0.2, 0.25) is 5.91 Å². The van der Waals surface area contributed by atoms with E-state index in [-0.39, 0.29) is 10.0 Å². The minimum absolute atomic E-state index is 0.0117. The van der Waals surface area contributed by atoms with Gasteiger partial charge in [0.25, 0.3) is 0 Å². The Kier molecular flexibility index (Phi) is 5.80. The van der Waals surface area contributed by atoms with E-state index in [1.807, 2.05) is 19.1 Å². The number of hydrogen-bond acceptors (Lipinski definition) is 6. The number of nitrogens with zero attached hydrogens (tertiary/aromatic N) is 2. The van der Waals surface area contributed by atoms with Gasteiger partial charge in [-0.15, -0.1) is 0 Å². The highest BCUT2D eigenvalue weighted by Gasteiger charge is 2.52. The summed E-state index contributed by atoms with van der Waals surface area (Å²) in [6.07, 6.45) is 1.67. The molecule has 1 atom stereocenters. The van der Waals surface area contributed by atoms with Gasteiger partial charge in [0.15, 0.2) is 15.7 Å². The van der Waals surface area contributed by atoms with Crippen LogP contribution in [0.3, 0.4) is 0 Å². The molecule has 3 heterocycles. The molecule has 2 aromatic carbocycles. The molecule has 1 amide bonds. The van der Waals surface area contributed by atoms with Gasteiger partial charge in [-0.3, -0.25) is 4.79 Å². The van der Waals surface area contributed by atoms with Crippen LogP contribution in [0, 0.1) is 5.82 Å². The fourth-order valence-electron chi connectivity index (χ4n) is 4.66. The molecule has 3 aliphatic heterocycles. The van der Waals surface area contributed by atoms with E-state index in [1.54, 1.807) is 12.1 Å². The molecule has 0 aromatic heterocycles. The molecule has 3 aliphatic rings. The first-order valence-corrected chi connectivity index (χ1v) is 14.1. The standard InChI is InChI=1S/C23H21Cl2FN2O4S2/c1-22(15-6-17(24)21(26)18(25)7-15)8-19(27-33-22)13-3-4-16-14(5-13)9-32-23(16)11-28(12-23)20(29)10-34(2,30)31/h3-7H,8-12H2,1-2H3. The molecule has 6 nitrogen and oxygen atoms in total. The van der Waals surface area contributed by atoms with E-state index >= 15 is 0 Å². The fraction of sp³-hybridized carbons (Fsp3) is 0.391. The average molecular weight is 543 g/mol. The lowest BCUT2D eigenvalue weighted by Crippen LogP contribution is -2.62. The van der Waals surface area contributed by atoms with Gasteiger partial charge in [-0.05, 0) is 59.3 Å². The first-order valence-electron chi connectivity index (χ1n) is 10.5. The molecule has 0 aliphatic carbocycles. The third kappa shape index (κ3) is 4.15. The zero-order valence-electron chi connectivity index (χ0n) is 18.4. The van der Waals surface area contributed by atoms with E-state index in [2.05, 4.69) is 10.5 Å². The minimum Gasteiger partial charge on any atom is -0.362 e. The number of benzene rings is 2. The van der Waals surface area contributed by atoms with E-state index in [4.69, 9.17) is 27.9 Å². The Morgan fingerprint density at radius 1 is 1.24 bits per heavy atom. The van der Waals surface area contributed by atoms with Crippen molar-refractivity contribution >= 4 is 56.6 Å². The maximum atomic E-state index is 13.9. The second-order valence-electron chi connectivity index (χ2n) is 9.27. The number of ether oxygens (including phenoxy) is 1. The van der Waals surface area contributed by atoms with Gasteiger partial charge in [0, 0.05) is 12.7 Å². The zero-order valence-corrected chi connectivity index (χ0v) is 21.5. The van der Waals surface area contributed by atoms with Gasteiger partial charge in [-0.25, -0.2) is 17.2 Å². The van der Waals surface area contributed by atoms with Crippen LogP contribution in [-0.2, 0) is 36.3 Å². The van der Waals surface area contributed by atoms with Crippen LogP contribution in [0.1, 0.15) is 35.6 Å². The summed E-state index contributed by atoms with van der Waals surface area (Å²) >= 11 is 13.4. The Morgan fingerprint density at radius 3 is 2.56 bits per heavy atom. The van der Waals surface area contributed by atoms with Crippen molar-refractivity contribution in [3.63, 3.8) is 0 Å². The maximum absolute atomic E-state index is 13.9. The molecule has 1 fully saturated rings. The third-order valence-corrected chi connectivity index (χ3v) is 8.94. The summed E-state index contributed by atoms with van der Waals surface area (Å²) in [5.74, 6) is -1.52. The summed E-state index contributed by atoms with van der Waals surface area (Å²) in [6.45, 7) is 3.12. The number of likely N-dealkylation sites (tertiary alicyclic amines) is 1. The van der Waals surface area contributed by atoms with Crippen LogP contribution in [0.5, 0.6) is 0 Å². The molecule has 180 valence electrons. The highest BCUT2D eigenvalue weighted by atomic mass is 35.5. The number of hydrogen-bond donors (Lipinski definition) is 0. The molecule has 11 heteroatoms. The van der Waals surface area contributed by atoms with Crippen molar-refractivity contribution in [1.82, 2.24) is 4.90 Å². The third-order valence-electron chi connectivity index (χ3n) is 6.52. The molecule has 1 saturated heterocycles. The van der Waals surface area contributed by atoms with Gasteiger partial charge in [0.05, 0.1) is 40.2 Å². The van der Waals surface area contributed by atoms with E-state index in [0.717, 1.165) is 34.2 Å². The predicted molar refractivity (Wildman–Crippen MR) is 132 cm³/mol. The Labute approximate surface area is 211 Å². The summed E-state index contributed by atoms with van der Waals surface area (Å²) in [4.78, 5) is 13.7. The smallest absolute Gasteiger partial charge is 0.237 e. The topological polar surface area (TPSA) is 76.0 Å². The van der Waals surface area contributed by atoms with Crippen molar-refractivity contribution < 1.29 is 22.3 Å². The summed E-state index contributed by atoms with van der Waals surface area (Å²) in [5, 5.41) is -0.0235. The van der Waals surface area contributed by atoms with Gasteiger partial charge in [0.1, 0.15) is 11.4 Å². The lowest BCUT2D eigenvalue weighted by Gasteiger charge is -2.47. The first-order chi connectivity index (χ1) is 15.9. The van der Waals surface area contributed by atoms with Crippen molar-refractivity contribution in [2.75, 3.05) is 25.1 Å². The molecule has 0 saturated carbocycles. The molecule has 0 bridgehead atoms. The molecule has 0 radical (unpaired) electrons. The largest absolute Gasteiger partial charge is 0.362 e. The molecular formula is C23H21Cl2FN2O4S2. The highest BCUT2D eigenvalue weighted by molar-refractivity contribution is 7.99. The van der Waals surface area contributed by atoms with E-state index in [0.29, 0.717) is 26.1 Å². The van der Waals surface area contributed by atoms with Gasteiger partial charge in [-0.2, -0.15) is 0 Å². The van der Waals surface area contributed by atoms with Crippen LogP contribution in [0.15, 0.2) is 34.7 Å². The van der Waals surface area contributed by atoms with Crippen LogP contribution in [0.25, 0.3) is 0 Å². The Hall–Kier alpha value is -1.65. The zero-order chi connectivity index (χ0) is 24.5. The van der Waals surface area contributed by atoms with Crippen molar-refractivity contribution in [3.05, 3.63) is 68.4 Å². The van der Waals surface area contributed by atoms with E-state index < -0.39 is 37.7 Å². The van der Waals surface area contributed by atoms with E-state index in [9.17, 15) is 17.6 Å². The Balaban J connectivity index is 1.32. The second kappa shape index (κ2) is 8.20. The predicted octanol–water partition coefficient (Wildman–Crippen LogP) is 4.50. The molecule has 0 N–H and O–H groups in total. The lowest BCUT2D eigenvalue weighted by molar-refractivity contribution is -0.166. The lowest BCUT2D eigenvalue weighted by atomic mass is 9.84. The van der Waals surface area contributed by atoms with E-state index in [1.165, 1.54) is 16.8 Å². The normalized spacial score (nSPS) is 23.1. The molecule has 1 spiro atoms. The number of amides is 1. The Morgan fingerprint density at radius 2 is 1.91 bits per heavy atom. The molecule has 5 rings (SSSR count). The number of sulfone groups is 1. The number of halogens is 3. The molecular weight excluding hydrogens is 522 g/mol. The summed E-state index contributed by atoms with van der Waals surface area (Å²) in [5.41, 5.74) is 4.16. The van der Waals surface area contributed by atoms with Crippen LogP contribution >= 0.6 is 35.1 Å². The summed E-state index contributed by atoms with van der Waals surface area (Å²) in [7, 11) is -3.37. The maximum Gasteiger partial charge on any atom is 0.237 e. The summed E-state index contributed by atoms with van der Waals surface area (Å²) < 4.78 is 47.0. The monoisotopic (exact) mass is 542 g/mol. The quantitative estimate of drug-likeness (QED) is 0.420. The summed E-state index contributed by atoms with van der Waals surface area (Å²) in [6, 6.07) is 9.25. The number of fused-ring (bicyclic) bond motifs is 2. The van der Waals surface area contributed by atoms with Gasteiger partial charge < -0.3 is 9.64 Å². The van der Waals surface area contributed by atoms with Crippen LogP contribution in [-0.4, -0.2) is 50.0 Å². The number of carbonyl (C=O) groups excluding carboxylic acids is 1. The molecule has 2 aromatic rings. The Bertz CT molecular complexity index is 1340. The van der Waals surface area contributed by atoms with Crippen LogP contribution in [0.2, 0.25) is 10.0 Å². The first kappa shape index (κ1) is 24.1. The minimum atomic E-state index is -3.37. The average Bonchev–Trinajstić information content (AvgIpc) is 3.31. The number of carbonyl (C=O) groups is 1. The highest BCUT2D eigenvalue weighted by Crippen LogP contribution is 2.49. The van der Waals surface area contributed by atoms with Crippen molar-refractivity contribution in [2.45, 2.75) is 30.3 Å². The second-order valence-corrected chi connectivity index (χ2v) is 13.5. The SMILES string of the molecule is CC1(c2cc(Cl)c(F)c(Cl)c2)CC(c2ccc3c(c2)COC32CN(C(=O)CS(C)(=O)=O)C2)=NS1. The fourth-order valence-corrected chi connectivity index (χ4v) is 6.69. The van der Waals surface area contributed by atoms with Gasteiger partial charge >= 0.3 is 0 Å². The van der Waals surface area contributed by atoms with Gasteiger partial charge in [-0.1, -0.05) is 35.3 Å². The van der Waals surface area contributed by atoms with Crippen LogP contribution < -0.4 is 0 Å². The van der Waals surface area contributed by atoms with Crippen LogP contribution in [0.4, 0.5) is 4.39 Å². The number of rotatable bonds is 4.